The van der Waals surface area contributed by atoms with Gasteiger partial charge < -0.3 is 14.5 Å². The second-order valence-corrected chi connectivity index (χ2v) is 7.21. The van der Waals surface area contributed by atoms with E-state index < -0.39 is 0 Å². The maximum absolute atomic E-state index is 12.9. The number of benzene rings is 1. The number of piperazine rings is 1. The summed E-state index contributed by atoms with van der Waals surface area (Å²) in [6.45, 7) is 5.59. The first kappa shape index (κ1) is 19.9. The fourth-order valence-corrected chi connectivity index (χ4v) is 3.40. The number of ether oxygens (including phenoxy) is 1. The molecule has 30 heavy (non-hydrogen) atoms. The number of hydrogen-bond donors (Lipinski definition) is 0. The average molecular weight is 406 g/mol. The molecule has 1 aliphatic heterocycles. The Balaban J connectivity index is 1.34. The lowest BCUT2D eigenvalue weighted by Crippen LogP contribution is -2.49. The van der Waals surface area contributed by atoms with Gasteiger partial charge in [0.05, 0.1) is 6.61 Å². The highest BCUT2D eigenvalue weighted by Gasteiger charge is 2.23. The molecule has 3 aromatic rings. The van der Waals surface area contributed by atoms with E-state index in [0.29, 0.717) is 25.3 Å². The van der Waals surface area contributed by atoms with Crippen molar-refractivity contribution in [3.63, 3.8) is 0 Å². The monoisotopic (exact) mass is 406 g/mol. The van der Waals surface area contributed by atoms with Crippen molar-refractivity contribution in [1.82, 2.24) is 24.4 Å². The van der Waals surface area contributed by atoms with E-state index in [1.165, 1.54) is 0 Å². The summed E-state index contributed by atoms with van der Waals surface area (Å²) in [5.41, 5.74) is 0.690. The summed E-state index contributed by atoms with van der Waals surface area (Å²) in [6, 6.07) is 9.38. The molecule has 0 spiro atoms. The molecular weight excluding hydrogens is 380 g/mol. The first-order valence-electron chi connectivity index (χ1n) is 10.3. The molecule has 8 heteroatoms. The predicted molar refractivity (Wildman–Crippen MR) is 114 cm³/mol. The second-order valence-electron chi connectivity index (χ2n) is 7.21. The average Bonchev–Trinajstić information content (AvgIpc) is 3.35. The van der Waals surface area contributed by atoms with E-state index >= 15 is 0 Å². The Hall–Kier alpha value is -3.42. The molecule has 1 aromatic carbocycles. The van der Waals surface area contributed by atoms with Crippen molar-refractivity contribution in [2.45, 2.75) is 19.8 Å². The van der Waals surface area contributed by atoms with Gasteiger partial charge in [0.15, 0.2) is 0 Å². The van der Waals surface area contributed by atoms with Crippen LogP contribution >= 0.6 is 0 Å². The van der Waals surface area contributed by atoms with Crippen molar-refractivity contribution in [2.75, 3.05) is 37.7 Å². The smallest absolute Gasteiger partial charge is 0.253 e. The Labute approximate surface area is 176 Å². The SMILES string of the molecule is CCCCOc1ccc(C(=O)N2CCN(c3cc(-n4ccnc4)ncn3)CC2)cc1. The Morgan fingerprint density at radius 2 is 1.83 bits per heavy atom. The van der Waals surface area contributed by atoms with Crippen LogP contribution in [0.3, 0.4) is 0 Å². The molecule has 1 amide bonds. The number of imidazole rings is 1. The highest BCUT2D eigenvalue weighted by molar-refractivity contribution is 5.94. The van der Waals surface area contributed by atoms with Gasteiger partial charge in [0, 0.05) is 50.2 Å². The van der Waals surface area contributed by atoms with Gasteiger partial charge >= 0.3 is 0 Å². The molecule has 0 atom stereocenters. The standard InChI is InChI=1S/C22H26N6O2/c1-2-3-14-30-19-6-4-18(5-7-19)22(29)27-12-10-26(11-13-27)20-15-21(25-16-24-20)28-9-8-23-17-28/h4-9,15-17H,2-3,10-14H2,1H3. The van der Waals surface area contributed by atoms with Crippen LogP contribution in [-0.2, 0) is 0 Å². The number of hydrogen-bond acceptors (Lipinski definition) is 6. The maximum Gasteiger partial charge on any atom is 0.253 e. The second kappa shape index (κ2) is 9.39. The number of carbonyl (C=O) groups excluding carboxylic acids is 1. The molecule has 0 bridgehead atoms. The zero-order valence-corrected chi connectivity index (χ0v) is 17.1. The summed E-state index contributed by atoms with van der Waals surface area (Å²) < 4.78 is 7.52. The number of nitrogens with zero attached hydrogens (tertiary/aromatic N) is 6. The minimum absolute atomic E-state index is 0.0524. The number of carbonyl (C=O) groups is 1. The molecule has 0 radical (unpaired) electrons. The molecule has 0 saturated carbocycles. The number of amides is 1. The molecule has 1 fully saturated rings. The van der Waals surface area contributed by atoms with Gasteiger partial charge in [-0.05, 0) is 30.7 Å². The summed E-state index contributed by atoms with van der Waals surface area (Å²) in [5.74, 6) is 2.49. The van der Waals surface area contributed by atoms with Crippen LogP contribution in [-0.4, -0.2) is 63.1 Å². The lowest BCUT2D eigenvalue weighted by molar-refractivity contribution is 0.0746. The predicted octanol–water partition coefficient (Wildman–Crippen LogP) is 2.80. The van der Waals surface area contributed by atoms with E-state index in [1.807, 2.05) is 46.0 Å². The van der Waals surface area contributed by atoms with Crippen LogP contribution in [0.2, 0.25) is 0 Å². The summed E-state index contributed by atoms with van der Waals surface area (Å²) >= 11 is 0. The van der Waals surface area contributed by atoms with Crippen molar-refractivity contribution in [2.24, 2.45) is 0 Å². The fourth-order valence-electron chi connectivity index (χ4n) is 3.40. The van der Waals surface area contributed by atoms with Crippen molar-refractivity contribution in [3.8, 4) is 11.6 Å². The molecule has 0 N–H and O–H groups in total. The van der Waals surface area contributed by atoms with Crippen LogP contribution in [0.25, 0.3) is 5.82 Å². The zero-order valence-electron chi connectivity index (χ0n) is 17.1. The zero-order chi connectivity index (χ0) is 20.8. The summed E-state index contributed by atoms with van der Waals surface area (Å²) in [6.07, 6.45) is 8.97. The summed E-state index contributed by atoms with van der Waals surface area (Å²) in [4.78, 5) is 29.7. The summed E-state index contributed by atoms with van der Waals surface area (Å²) in [7, 11) is 0. The van der Waals surface area contributed by atoms with Crippen LogP contribution in [0.1, 0.15) is 30.1 Å². The quantitative estimate of drug-likeness (QED) is 0.562. The first-order chi connectivity index (χ1) is 14.7. The normalized spacial score (nSPS) is 14.0. The van der Waals surface area contributed by atoms with E-state index in [9.17, 15) is 4.79 Å². The summed E-state index contributed by atoms with van der Waals surface area (Å²) in [5, 5.41) is 0. The van der Waals surface area contributed by atoms with Crippen LogP contribution < -0.4 is 9.64 Å². The molecule has 156 valence electrons. The maximum atomic E-state index is 12.9. The van der Waals surface area contributed by atoms with Gasteiger partial charge in [-0.3, -0.25) is 9.36 Å². The highest BCUT2D eigenvalue weighted by atomic mass is 16.5. The molecule has 3 heterocycles. The van der Waals surface area contributed by atoms with Crippen molar-refractivity contribution >= 4 is 11.7 Å². The van der Waals surface area contributed by atoms with Gasteiger partial charge in [-0.15, -0.1) is 0 Å². The van der Waals surface area contributed by atoms with E-state index in [2.05, 4.69) is 26.8 Å². The minimum Gasteiger partial charge on any atom is -0.494 e. The molecule has 1 aliphatic rings. The highest BCUT2D eigenvalue weighted by Crippen LogP contribution is 2.18. The van der Waals surface area contributed by atoms with Crippen LogP contribution in [0, 0.1) is 0 Å². The van der Waals surface area contributed by atoms with Gasteiger partial charge in [-0.1, -0.05) is 13.3 Å². The van der Waals surface area contributed by atoms with Crippen molar-refractivity contribution < 1.29 is 9.53 Å². The number of unbranched alkanes of at least 4 members (excludes halogenated alkanes) is 1. The van der Waals surface area contributed by atoms with Crippen molar-refractivity contribution in [1.29, 1.82) is 0 Å². The Bertz CT molecular complexity index is 950. The van der Waals surface area contributed by atoms with Gasteiger partial charge in [0.2, 0.25) is 0 Å². The lowest BCUT2D eigenvalue weighted by atomic mass is 10.1. The van der Waals surface area contributed by atoms with E-state index in [1.54, 1.807) is 18.9 Å². The third-order valence-electron chi connectivity index (χ3n) is 5.17. The molecule has 4 rings (SSSR count). The molecule has 2 aromatic heterocycles. The Kier molecular flexibility index (Phi) is 6.22. The largest absolute Gasteiger partial charge is 0.494 e. The molecule has 0 unspecified atom stereocenters. The van der Waals surface area contributed by atoms with E-state index in [-0.39, 0.29) is 5.91 Å². The van der Waals surface area contributed by atoms with Crippen LogP contribution in [0.5, 0.6) is 5.75 Å². The van der Waals surface area contributed by atoms with E-state index in [0.717, 1.165) is 43.3 Å². The fraction of sp³-hybridized carbons (Fsp3) is 0.364. The first-order valence-corrected chi connectivity index (χ1v) is 10.3. The Morgan fingerprint density at radius 1 is 1.07 bits per heavy atom. The lowest BCUT2D eigenvalue weighted by Gasteiger charge is -2.35. The van der Waals surface area contributed by atoms with Gasteiger partial charge in [-0.25, -0.2) is 15.0 Å². The minimum atomic E-state index is 0.0524. The van der Waals surface area contributed by atoms with Crippen LogP contribution in [0.15, 0.2) is 55.4 Å². The molecule has 8 nitrogen and oxygen atoms in total. The van der Waals surface area contributed by atoms with Gasteiger partial charge in [-0.2, -0.15) is 0 Å². The van der Waals surface area contributed by atoms with E-state index in [4.69, 9.17) is 4.74 Å². The number of anilines is 1. The van der Waals surface area contributed by atoms with Crippen molar-refractivity contribution in [3.05, 3.63) is 60.9 Å². The third kappa shape index (κ3) is 4.59. The number of aromatic nitrogens is 4. The molecular formula is C22H26N6O2. The molecule has 0 aliphatic carbocycles. The van der Waals surface area contributed by atoms with Gasteiger partial charge in [0.25, 0.3) is 5.91 Å². The van der Waals surface area contributed by atoms with Gasteiger partial charge in [0.1, 0.15) is 30.0 Å². The topological polar surface area (TPSA) is 76.4 Å². The Morgan fingerprint density at radius 3 is 2.53 bits per heavy atom. The third-order valence-corrected chi connectivity index (χ3v) is 5.17. The molecule has 1 saturated heterocycles. The number of rotatable bonds is 7. The van der Waals surface area contributed by atoms with Crippen LogP contribution in [0.4, 0.5) is 5.82 Å².